The number of ether oxygens (including phenoxy) is 1. The number of hydrogen-bond acceptors (Lipinski definition) is 4. The van der Waals surface area contributed by atoms with Crippen LogP contribution in [0, 0.1) is 0 Å². The van der Waals surface area contributed by atoms with Gasteiger partial charge in [0.1, 0.15) is 0 Å². The van der Waals surface area contributed by atoms with Crippen molar-refractivity contribution < 1.29 is 14.6 Å². The Morgan fingerprint density at radius 2 is 2.27 bits per heavy atom. The highest BCUT2D eigenvalue weighted by molar-refractivity contribution is 5.85. The SMILES string of the molecule is COc1nc(C(=O)O)cc(C2CCC2)n1. The van der Waals surface area contributed by atoms with E-state index in [1.807, 2.05) is 0 Å². The molecule has 1 aromatic rings. The number of nitrogens with zero attached hydrogens (tertiary/aromatic N) is 2. The molecule has 1 aliphatic rings. The number of aromatic carboxylic acids is 1. The lowest BCUT2D eigenvalue weighted by molar-refractivity contribution is 0.0688. The first-order valence-corrected chi connectivity index (χ1v) is 4.87. The molecule has 1 aromatic heterocycles. The minimum atomic E-state index is -1.05. The van der Waals surface area contributed by atoms with Gasteiger partial charge in [-0.05, 0) is 18.9 Å². The van der Waals surface area contributed by atoms with Gasteiger partial charge in [-0.25, -0.2) is 4.79 Å². The smallest absolute Gasteiger partial charge is 0.354 e. The van der Waals surface area contributed by atoms with E-state index in [4.69, 9.17) is 9.84 Å². The summed E-state index contributed by atoms with van der Waals surface area (Å²) in [5.41, 5.74) is 0.786. The van der Waals surface area contributed by atoms with Crippen LogP contribution >= 0.6 is 0 Å². The van der Waals surface area contributed by atoms with Crippen molar-refractivity contribution in [2.75, 3.05) is 7.11 Å². The van der Waals surface area contributed by atoms with Crippen LogP contribution in [0.2, 0.25) is 0 Å². The van der Waals surface area contributed by atoms with Crippen molar-refractivity contribution >= 4 is 5.97 Å². The topological polar surface area (TPSA) is 72.3 Å². The molecule has 2 rings (SSSR count). The van der Waals surface area contributed by atoms with E-state index in [9.17, 15) is 4.79 Å². The summed E-state index contributed by atoms with van der Waals surface area (Å²) in [5, 5.41) is 8.86. The third kappa shape index (κ3) is 1.91. The number of carboxylic acids is 1. The average Bonchev–Trinajstić information content (AvgIpc) is 2.14. The van der Waals surface area contributed by atoms with Crippen molar-refractivity contribution in [3.05, 3.63) is 17.5 Å². The van der Waals surface area contributed by atoms with Gasteiger partial charge in [0.15, 0.2) is 5.69 Å². The van der Waals surface area contributed by atoms with Crippen LogP contribution < -0.4 is 4.74 Å². The van der Waals surface area contributed by atoms with E-state index >= 15 is 0 Å². The van der Waals surface area contributed by atoms with E-state index in [2.05, 4.69) is 9.97 Å². The molecule has 0 aromatic carbocycles. The van der Waals surface area contributed by atoms with Crippen molar-refractivity contribution in [3.8, 4) is 6.01 Å². The molecule has 0 saturated heterocycles. The summed E-state index contributed by atoms with van der Waals surface area (Å²) in [6, 6.07) is 1.67. The molecule has 0 radical (unpaired) electrons. The van der Waals surface area contributed by atoms with E-state index in [0.29, 0.717) is 5.92 Å². The number of carbonyl (C=O) groups is 1. The Morgan fingerprint density at radius 3 is 2.73 bits per heavy atom. The molecule has 1 saturated carbocycles. The van der Waals surface area contributed by atoms with Gasteiger partial charge >= 0.3 is 12.0 Å². The lowest BCUT2D eigenvalue weighted by Gasteiger charge is -2.24. The second-order valence-electron chi connectivity index (χ2n) is 3.60. The van der Waals surface area contributed by atoms with Gasteiger partial charge in [0.2, 0.25) is 0 Å². The molecule has 1 aliphatic carbocycles. The predicted octanol–water partition coefficient (Wildman–Crippen LogP) is 1.45. The molecule has 0 unspecified atom stereocenters. The van der Waals surface area contributed by atoms with E-state index in [1.54, 1.807) is 0 Å². The molecule has 0 amide bonds. The average molecular weight is 208 g/mol. The predicted molar refractivity (Wildman–Crippen MR) is 52.1 cm³/mol. The summed E-state index contributed by atoms with van der Waals surface area (Å²) < 4.78 is 4.88. The largest absolute Gasteiger partial charge is 0.477 e. The van der Waals surface area contributed by atoms with Gasteiger partial charge < -0.3 is 9.84 Å². The van der Waals surface area contributed by atoms with Gasteiger partial charge in [0.05, 0.1) is 12.8 Å². The monoisotopic (exact) mass is 208 g/mol. The van der Waals surface area contributed by atoms with Crippen molar-refractivity contribution in [3.63, 3.8) is 0 Å². The summed E-state index contributed by atoms with van der Waals surface area (Å²) in [4.78, 5) is 18.7. The Bertz CT molecular complexity index is 388. The Morgan fingerprint density at radius 1 is 1.53 bits per heavy atom. The first kappa shape index (κ1) is 9.89. The zero-order valence-electron chi connectivity index (χ0n) is 8.43. The number of carboxylic acid groups (broad SMARTS) is 1. The minimum absolute atomic E-state index is 0.00347. The van der Waals surface area contributed by atoms with Gasteiger partial charge in [-0.1, -0.05) is 6.42 Å². The molecule has 0 atom stereocenters. The maximum atomic E-state index is 10.8. The number of methoxy groups -OCH3 is 1. The van der Waals surface area contributed by atoms with Crippen LogP contribution in [0.25, 0.3) is 0 Å². The highest BCUT2D eigenvalue weighted by Crippen LogP contribution is 2.35. The maximum absolute atomic E-state index is 10.8. The van der Waals surface area contributed by atoms with Crippen molar-refractivity contribution in [1.29, 1.82) is 0 Å². The standard InChI is InChI=1S/C10H12N2O3/c1-15-10-11-7(6-3-2-4-6)5-8(12-10)9(13)14/h5-6H,2-4H2,1H3,(H,13,14). The summed E-state index contributed by atoms with van der Waals surface area (Å²) in [5.74, 6) is -0.670. The van der Waals surface area contributed by atoms with Crippen LogP contribution in [-0.4, -0.2) is 28.2 Å². The lowest BCUT2D eigenvalue weighted by atomic mass is 9.82. The van der Waals surface area contributed by atoms with Crippen LogP contribution in [0.3, 0.4) is 0 Å². The van der Waals surface area contributed by atoms with E-state index in [0.717, 1.165) is 18.5 Å². The maximum Gasteiger partial charge on any atom is 0.354 e. The first-order chi connectivity index (χ1) is 7.20. The second-order valence-corrected chi connectivity index (χ2v) is 3.60. The first-order valence-electron chi connectivity index (χ1n) is 4.87. The van der Waals surface area contributed by atoms with Gasteiger partial charge in [-0.3, -0.25) is 0 Å². The van der Waals surface area contributed by atoms with Crippen LogP contribution in [0.5, 0.6) is 6.01 Å². The zero-order valence-corrected chi connectivity index (χ0v) is 8.43. The molecule has 1 heterocycles. The Labute approximate surface area is 87.1 Å². The normalized spacial score (nSPS) is 15.8. The highest BCUT2D eigenvalue weighted by atomic mass is 16.5. The summed E-state index contributed by atoms with van der Waals surface area (Å²) in [6.07, 6.45) is 3.32. The molecule has 5 heteroatoms. The molecule has 1 fully saturated rings. The van der Waals surface area contributed by atoms with Crippen LogP contribution in [0.1, 0.15) is 41.4 Å². The van der Waals surface area contributed by atoms with Gasteiger partial charge in [0, 0.05) is 5.92 Å². The summed E-state index contributed by atoms with van der Waals surface area (Å²) >= 11 is 0. The summed E-state index contributed by atoms with van der Waals surface area (Å²) in [6.45, 7) is 0. The molecule has 0 spiro atoms. The Balaban J connectivity index is 2.36. The highest BCUT2D eigenvalue weighted by Gasteiger charge is 2.23. The van der Waals surface area contributed by atoms with Gasteiger partial charge in [-0.2, -0.15) is 9.97 Å². The van der Waals surface area contributed by atoms with Crippen LogP contribution in [0.15, 0.2) is 6.07 Å². The molecular formula is C10H12N2O3. The third-order valence-corrected chi connectivity index (χ3v) is 2.65. The Kier molecular flexibility index (Phi) is 2.53. The third-order valence-electron chi connectivity index (χ3n) is 2.65. The van der Waals surface area contributed by atoms with Crippen LogP contribution in [0.4, 0.5) is 0 Å². The fraction of sp³-hybridized carbons (Fsp3) is 0.500. The van der Waals surface area contributed by atoms with E-state index in [-0.39, 0.29) is 11.7 Å². The molecular weight excluding hydrogens is 196 g/mol. The Hall–Kier alpha value is -1.65. The van der Waals surface area contributed by atoms with E-state index in [1.165, 1.54) is 19.6 Å². The molecule has 0 bridgehead atoms. The quantitative estimate of drug-likeness (QED) is 0.813. The van der Waals surface area contributed by atoms with Crippen molar-refractivity contribution in [2.24, 2.45) is 0 Å². The van der Waals surface area contributed by atoms with Crippen LogP contribution in [-0.2, 0) is 0 Å². The van der Waals surface area contributed by atoms with E-state index < -0.39 is 5.97 Å². The molecule has 80 valence electrons. The summed E-state index contributed by atoms with van der Waals surface area (Å²) in [7, 11) is 1.44. The molecule has 5 nitrogen and oxygen atoms in total. The van der Waals surface area contributed by atoms with Crippen molar-refractivity contribution in [2.45, 2.75) is 25.2 Å². The van der Waals surface area contributed by atoms with Gasteiger partial charge in [0.25, 0.3) is 0 Å². The number of rotatable bonds is 3. The molecule has 15 heavy (non-hydrogen) atoms. The number of aromatic nitrogens is 2. The lowest BCUT2D eigenvalue weighted by Crippen LogP contribution is -2.14. The fourth-order valence-corrected chi connectivity index (χ4v) is 1.56. The van der Waals surface area contributed by atoms with Crippen molar-refractivity contribution in [1.82, 2.24) is 9.97 Å². The second kappa shape index (κ2) is 3.84. The van der Waals surface area contributed by atoms with Gasteiger partial charge in [-0.15, -0.1) is 0 Å². The molecule has 1 N–H and O–H groups in total. The molecule has 0 aliphatic heterocycles. The number of hydrogen-bond donors (Lipinski definition) is 1. The fourth-order valence-electron chi connectivity index (χ4n) is 1.56. The zero-order chi connectivity index (χ0) is 10.8. The minimum Gasteiger partial charge on any atom is -0.477 e.